The van der Waals surface area contributed by atoms with Gasteiger partial charge in [-0.2, -0.15) is 0 Å². The van der Waals surface area contributed by atoms with Crippen molar-refractivity contribution in [3.63, 3.8) is 0 Å². The van der Waals surface area contributed by atoms with Gasteiger partial charge in [0.1, 0.15) is 6.61 Å². The van der Waals surface area contributed by atoms with Crippen LogP contribution in [0.3, 0.4) is 0 Å². The number of rotatable bonds is 0. The molecule has 76 valence electrons. The molecule has 0 fully saturated rings. The van der Waals surface area contributed by atoms with Gasteiger partial charge < -0.3 is 26.4 Å². The predicted octanol–water partition coefficient (Wildman–Crippen LogP) is 1.11. The Morgan fingerprint density at radius 1 is 0.923 bits per heavy atom. The highest BCUT2D eigenvalue weighted by molar-refractivity contribution is 5.47. The highest BCUT2D eigenvalue weighted by Gasteiger charge is 1.84. The zero-order chi connectivity index (χ0) is 11.5. The Kier molecular flexibility index (Phi) is 148. The summed E-state index contributed by atoms with van der Waals surface area (Å²) < 4.78 is 4.65. The van der Waals surface area contributed by atoms with Crippen LogP contribution >= 0.6 is 0 Å². The van der Waals surface area contributed by atoms with Crippen molar-refractivity contribution in [1.29, 1.82) is 21.6 Å². The van der Waals surface area contributed by atoms with E-state index in [-0.39, 0.29) is 0 Å². The Balaban J connectivity index is -0.0000000445. The van der Waals surface area contributed by atoms with Crippen LogP contribution in [0.5, 0.6) is 0 Å². The summed E-state index contributed by atoms with van der Waals surface area (Å²) in [5.74, 6) is 0. The molecule has 0 aromatic heterocycles. The second kappa shape index (κ2) is 85.6. The van der Waals surface area contributed by atoms with Gasteiger partial charge >= 0.3 is 0 Å². The van der Waals surface area contributed by atoms with Gasteiger partial charge in [0.05, 0.1) is 6.54 Å². The molecule has 0 saturated heterocycles. The molecule has 0 aliphatic carbocycles. The van der Waals surface area contributed by atoms with Crippen LogP contribution in [-0.2, 0) is 4.74 Å². The number of ether oxygens (including phenoxy) is 1. The van der Waals surface area contributed by atoms with E-state index < -0.39 is 0 Å². The quantitative estimate of drug-likeness (QED) is 0.418. The molecule has 1 aliphatic heterocycles. The van der Waals surface area contributed by atoms with Crippen LogP contribution in [-0.4, -0.2) is 46.4 Å². The predicted molar refractivity (Wildman–Crippen MR) is 58.7 cm³/mol. The maximum absolute atomic E-state index is 5.50. The van der Waals surface area contributed by atoms with E-state index in [0.717, 1.165) is 13.2 Å². The second-order valence-electron chi connectivity index (χ2n) is 0.882. The summed E-state index contributed by atoms with van der Waals surface area (Å²) in [7, 11) is 0. The monoisotopic (exact) mass is 187 g/mol. The van der Waals surface area contributed by atoms with Crippen LogP contribution in [0.15, 0.2) is 4.99 Å². The van der Waals surface area contributed by atoms with Crippen LogP contribution < -0.4 is 0 Å². The van der Waals surface area contributed by atoms with E-state index in [4.69, 9.17) is 21.6 Å². The highest BCUT2D eigenvalue weighted by Crippen LogP contribution is 1.78. The normalized spacial score (nSPS) is 8.62. The van der Waals surface area contributed by atoms with Gasteiger partial charge in [0, 0.05) is 0 Å². The molecule has 0 aromatic rings. The zero-order valence-electron chi connectivity index (χ0n) is 7.68. The lowest BCUT2D eigenvalue weighted by Gasteiger charge is -1.76. The van der Waals surface area contributed by atoms with Crippen LogP contribution in [0.4, 0.5) is 0 Å². The van der Waals surface area contributed by atoms with Crippen LogP contribution in [0.1, 0.15) is 0 Å². The van der Waals surface area contributed by atoms with E-state index in [1.165, 1.54) is 6.40 Å². The van der Waals surface area contributed by atoms with Gasteiger partial charge in [-0.25, -0.2) is 0 Å². The molecule has 1 heterocycles. The summed E-state index contributed by atoms with van der Waals surface area (Å²) in [6.07, 6.45) is 1.49. The summed E-state index contributed by atoms with van der Waals surface area (Å²) in [5, 5.41) is 22.0. The summed E-state index contributed by atoms with van der Waals surface area (Å²) in [6, 6.07) is 0. The highest BCUT2D eigenvalue weighted by atomic mass is 16.5. The van der Waals surface area contributed by atoms with Crippen LogP contribution in [0.25, 0.3) is 0 Å². The number of hydrogen-bond acceptors (Lipinski definition) is 6. The van der Waals surface area contributed by atoms with Crippen molar-refractivity contribution < 1.29 is 4.74 Å². The molecule has 0 saturated carbocycles. The maximum Gasteiger partial charge on any atom is 0.169 e. The Morgan fingerprint density at radius 3 is 1.38 bits per heavy atom. The van der Waals surface area contributed by atoms with Crippen molar-refractivity contribution in [2.24, 2.45) is 4.99 Å². The van der Waals surface area contributed by atoms with Crippen molar-refractivity contribution in [3.8, 4) is 0 Å². The molecule has 13 heavy (non-hydrogen) atoms. The van der Waals surface area contributed by atoms with Crippen LogP contribution in [0, 0.1) is 21.6 Å². The Hall–Kier alpha value is -1.85. The van der Waals surface area contributed by atoms with E-state index in [1.807, 2.05) is 0 Å². The second-order valence-corrected chi connectivity index (χ2v) is 0.882. The molecule has 1 aliphatic rings. The molecule has 0 radical (unpaired) electrons. The average Bonchev–Trinajstić information content (AvgIpc) is 2.87. The molecular weight excluding hydrogens is 170 g/mol. The first-order valence-electron chi connectivity index (χ1n) is 3.01. The van der Waals surface area contributed by atoms with E-state index in [0.29, 0.717) is 0 Å². The third-order valence-corrected chi connectivity index (χ3v) is 0.487. The molecule has 0 bridgehead atoms. The molecule has 0 atom stereocenters. The van der Waals surface area contributed by atoms with Gasteiger partial charge in [0.15, 0.2) is 6.40 Å². The van der Waals surface area contributed by atoms with Crippen molar-refractivity contribution in [2.45, 2.75) is 0 Å². The number of nitrogens with zero attached hydrogens (tertiary/aromatic N) is 1. The van der Waals surface area contributed by atoms with Crippen molar-refractivity contribution >= 4 is 33.3 Å². The topological polar surface area (TPSA) is 117 Å². The Labute approximate surface area is 78.7 Å². The van der Waals surface area contributed by atoms with Gasteiger partial charge in [-0.1, -0.05) is 0 Å². The summed E-state index contributed by atoms with van der Waals surface area (Å²) in [6.45, 7) is 11.6. The van der Waals surface area contributed by atoms with E-state index in [1.54, 1.807) is 0 Å². The van der Waals surface area contributed by atoms with Gasteiger partial charge in [-0.05, 0) is 26.9 Å². The first-order chi connectivity index (χ1) is 6.50. The van der Waals surface area contributed by atoms with Crippen molar-refractivity contribution in [2.75, 3.05) is 13.2 Å². The van der Waals surface area contributed by atoms with E-state index >= 15 is 0 Å². The third kappa shape index (κ3) is 67.9. The summed E-state index contributed by atoms with van der Waals surface area (Å²) >= 11 is 0. The SMILES string of the molecule is C1=NCCO1.C=N.C=N.C=N.C=N. The minimum Gasteiger partial charge on any atom is -0.482 e. The maximum atomic E-state index is 5.50. The fourth-order valence-electron chi connectivity index (χ4n) is 0.264. The largest absolute Gasteiger partial charge is 0.482 e. The summed E-state index contributed by atoms with van der Waals surface area (Å²) in [5.41, 5.74) is 0. The first-order valence-corrected chi connectivity index (χ1v) is 3.01. The lowest BCUT2D eigenvalue weighted by Crippen LogP contribution is -1.80. The molecule has 4 N–H and O–H groups in total. The van der Waals surface area contributed by atoms with Gasteiger partial charge in [0.2, 0.25) is 0 Å². The lowest BCUT2D eigenvalue weighted by atomic mass is 10.8. The Morgan fingerprint density at radius 2 is 1.31 bits per heavy atom. The van der Waals surface area contributed by atoms with Gasteiger partial charge in [0.25, 0.3) is 0 Å². The molecule has 6 heteroatoms. The lowest BCUT2D eigenvalue weighted by molar-refractivity contribution is 0.361. The molecule has 0 spiro atoms. The molecule has 6 nitrogen and oxygen atoms in total. The average molecular weight is 187 g/mol. The zero-order valence-corrected chi connectivity index (χ0v) is 7.68. The Bertz CT molecular complexity index is 84.9. The third-order valence-electron chi connectivity index (χ3n) is 0.487. The molecule has 0 unspecified atom stereocenters. The number of nitrogens with one attached hydrogen (secondary N) is 4. The molecule has 0 aromatic carbocycles. The fraction of sp³-hybridized carbons (Fsp3) is 0.286. The standard InChI is InChI=1S/C3H5NO.4CH3N/c1-2-5-3-4-1;4*1-2/h3H,1-2H2;4*2H,1H2. The van der Waals surface area contributed by atoms with Crippen molar-refractivity contribution in [1.82, 2.24) is 0 Å². The molecule has 0 amide bonds. The number of aliphatic imine (C=N–C) groups is 1. The fourth-order valence-corrected chi connectivity index (χ4v) is 0.264. The number of hydrogen-bond donors (Lipinski definition) is 4. The van der Waals surface area contributed by atoms with E-state index in [9.17, 15) is 0 Å². The molecular formula is C7H17N5O. The van der Waals surface area contributed by atoms with Gasteiger partial charge in [-0.3, -0.25) is 4.99 Å². The van der Waals surface area contributed by atoms with Crippen LogP contribution in [0.2, 0.25) is 0 Å². The first kappa shape index (κ1) is 22.5. The summed E-state index contributed by atoms with van der Waals surface area (Å²) in [4.78, 5) is 3.74. The van der Waals surface area contributed by atoms with Gasteiger partial charge in [-0.15, -0.1) is 0 Å². The van der Waals surface area contributed by atoms with E-state index in [2.05, 4.69) is 36.6 Å². The van der Waals surface area contributed by atoms with Crippen molar-refractivity contribution in [3.05, 3.63) is 0 Å². The smallest absolute Gasteiger partial charge is 0.169 e. The minimum atomic E-state index is 0.778. The minimum absolute atomic E-state index is 0.778. The molecule has 1 rings (SSSR count).